The van der Waals surface area contributed by atoms with E-state index in [4.69, 9.17) is 29.4 Å². The van der Waals surface area contributed by atoms with Gasteiger partial charge in [0.25, 0.3) is 0 Å². The normalized spacial score (nSPS) is 14.1. The lowest BCUT2D eigenvalue weighted by atomic mass is 10.1. The zero-order valence-corrected chi connectivity index (χ0v) is 43.9. The summed E-state index contributed by atoms with van der Waals surface area (Å²) in [6, 6.07) is -1.48. The number of carboxylic acids is 1. The summed E-state index contributed by atoms with van der Waals surface area (Å²) in [5.74, 6) is -1.78. The molecule has 0 radical (unpaired) electrons. The molecule has 390 valence electrons. The minimum Gasteiger partial charge on any atom is -0.480 e. The number of esters is 1. The Labute approximate surface area is 411 Å². The number of carbonyl (C=O) groups excluding carboxylic acids is 1. The van der Waals surface area contributed by atoms with Crippen LogP contribution in [-0.4, -0.2) is 60.5 Å². The number of unbranched alkanes of at least 4 members (excludes halogenated alkanes) is 28. The second-order valence-corrected chi connectivity index (χ2v) is 19.8. The fourth-order valence-electron chi connectivity index (χ4n) is 7.52. The lowest BCUT2D eigenvalue weighted by Crippen LogP contribution is -2.34. The molecule has 0 amide bonds. The van der Waals surface area contributed by atoms with Crippen LogP contribution in [0.15, 0.2) is 60.8 Å². The predicted molar refractivity (Wildman–Crippen MR) is 281 cm³/mol. The van der Waals surface area contributed by atoms with Gasteiger partial charge in [-0.1, -0.05) is 216 Å². The molecule has 0 bridgehead atoms. The van der Waals surface area contributed by atoms with E-state index in [-0.39, 0.29) is 13.0 Å². The highest BCUT2D eigenvalue weighted by Crippen LogP contribution is 2.43. The molecule has 67 heavy (non-hydrogen) atoms. The first-order chi connectivity index (χ1) is 32.7. The van der Waals surface area contributed by atoms with Gasteiger partial charge in [-0.2, -0.15) is 0 Å². The molecule has 0 heterocycles. The molecule has 3 unspecified atom stereocenters. The van der Waals surface area contributed by atoms with Gasteiger partial charge in [0.1, 0.15) is 12.1 Å². The van der Waals surface area contributed by atoms with Crippen LogP contribution >= 0.6 is 7.82 Å². The Morgan fingerprint density at radius 3 is 1.22 bits per heavy atom. The summed E-state index contributed by atoms with van der Waals surface area (Å²) < 4.78 is 33.6. The highest BCUT2D eigenvalue weighted by molar-refractivity contribution is 7.47. The van der Waals surface area contributed by atoms with Crippen LogP contribution in [0.1, 0.15) is 245 Å². The number of phosphoric ester groups is 1. The van der Waals surface area contributed by atoms with Gasteiger partial charge >= 0.3 is 19.8 Å². The smallest absolute Gasteiger partial charge is 0.472 e. The van der Waals surface area contributed by atoms with Crippen LogP contribution in [-0.2, 0) is 32.7 Å². The second kappa shape index (κ2) is 51.5. The molecule has 0 aliphatic rings. The van der Waals surface area contributed by atoms with Crippen molar-refractivity contribution < 1.29 is 42.7 Å². The van der Waals surface area contributed by atoms with Crippen LogP contribution in [0.4, 0.5) is 0 Å². The van der Waals surface area contributed by atoms with E-state index in [1.54, 1.807) is 0 Å². The number of rotatable bonds is 52. The number of carbonyl (C=O) groups is 2. The van der Waals surface area contributed by atoms with E-state index in [1.165, 1.54) is 154 Å². The number of aliphatic carboxylic acids is 1. The fraction of sp³-hybridized carbons (Fsp3) is 0.786. The maximum Gasteiger partial charge on any atom is 0.472 e. The SMILES string of the molecule is CCCCCCC/C=C\C/C=C\C/C=C\CCCCCCCCCCC(=O)OC(COCCCCCCCCCCCC/C=C\C/C=C\CCCCCCC)COP(=O)(O)OCC(N)C(=O)O. The quantitative estimate of drug-likeness (QED) is 0.0232. The average Bonchev–Trinajstić information content (AvgIpc) is 3.31. The summed E-state index contributed by atoms with van der Waals surface area (Å²) >= 11 is 0. The highest BCUT2D eigenvalue weighted by Gasteiger charge is 2.27. The standard InChI is InChI=1S/C56H102NO9P/c1-3-5-7-9-11-13-15-17-19-21-23-25-27-28-30-32-34-36-38-40-42-44-46-48-55(58)66-53(51-64-67(61,62)65-52-54(57)56(59)60)50-63-49-47-45-43-41-39-37-35-33-31-29-26-24-22-20-18-16-14-12-10-8-6-4-2/h15-18,21-24,27-28,53-54H,3-14,19-20,25-26,29-52,57H2,1-2H3,(H,59,60)(H,61,62)/b17-15-,18-16-,23-21-,24-22-,28-27-. The molecule has 10 nitrogen and oxygen atoms in total. The molecule has 3 atom stereocenters. The van der Waals surface area contributed by atoms with Gasteiger partial charge in [-0.25, -0.2) is 4.57 Å². The van der Waals surface area contributed by atoms with Gasteiger partial charge in [0, 0.05) is 13.0 Å². The fourth-order valence-corrected chi connectivity index (χ4v) is 8.30. The third kappa shape index (κ3) is 51.4. The Morgan fingerprint density at radius 1 is 0.478 bits per heavy atom. The van der Waals surface area contributed by atoms with Gasteiger partial charge in [-0.3, -0.25) is 18.6 Å². The van der Waals surface area contributed by atoms with Crippen LogP contribution in [0.3, 0.4) is 0 Å². The Bertz CT molecular complexity index is 1300. The molecule has 11 heteroatoms. The van der Waals surface area contributed by atoms with Crippen LogP contribution in [0.2, 0.25) is 0 Å². The van der Waals surface area contributed by atoms with Gasteiger partial charge in [-0.05, 0) is 83.5 Å². The van der Waals surface area contributed by atoms with Crippen molar-refractivity contribution in [1.29, 1.82) is 0 Å². The summed E-state index contributed by atoms with van der Waals surface area (Å²) in [5.41, 5.74) is 5.38. The van der Waals surface area contributed by atoms with E-state index in [2.05, 4.69) is 74.6 Å². The van der Waals surface area contributed by atoms with Crippen LogP contribution in [0, 0.1) is 0 Å². The van der Waals surface area contributed by atoms with Crippen LogP contribution in [0.25, 0.3) is 0 Å². The summed E-state index contributed by atoms with van der Waals surface area (Å²) in [4.78, 5) is 33.8. The molecule has 0 fully saturated rings. The molecule has 0 aliphatic heterocycles. The topological polar surface area (TPSA) is 155 Å². The first kappa shape index (κ1) is 64.7. The zero-order valence-electron chi connectivity index (χ0n) is 43.0. The summed E-state index contributed by atoms with van der Waals surface area (Å²) in [7, 11) is -4.63. The zero-order chi connectivity index (χ0) is 49.0. The number of hydrogen-bond donors (Lipinski definition) is 3. The van der Waals surface area contributed by atoms with Crippen molar-refractivity contribution in [2.75, 3.05) is 26.4 Å². The first-order valence-corrected chi connectivity index (χ1v) is 28.8. The largest absolute Gasteiger partial charge is 0.480 e. The molecule has 0 aliphatic carbocycles. The third-order valence-corrected chi connectivity index (χ3v) is 12.7. The Kier molecular flexibility index (Phi) is 49.7. The van der Waals surface area contributed by atoms with Gasteiger partial charge in [0.2, 0.25) is 0 Å². The summed E-state index contributed by atoms with van der Waals surface area (Å²) in [6.45, 7) is 3.87. The van der Waals surface area contributed by atoms with Crippen molar-refractivity contribution in [3.05, 3.63) is 60.8 Å². The molecular weight excluding hydrogens is 862 g/mol. The molecule has 0 spiro atoms. The predicted octanol–water partition coefficient (Wildman–Crippen LogP) is 16.3. The number of carboxylic acid groups (broad SMARTS) is 1. The number of hydrogen-bond acceptors (Lipinski definition) is 8. The van der Waals surface area contributed by atoms with Gasteiger partial charge in [0.05, 0.1) is 19.8 Å². The average molecular weight is 964 g/mol. The van der Waals surface area contributed by atoms with Crippen molar-refractivity contribution in [2.24, 2.45) is 5.73 Å². The molecule has 0 aromatic carbocycles. The van der Waals surface area contributed by atoms with E-state index in [1.807, 2.05) is 0 Å². The highest BCUT2D eigenvalue weighted by atomic mass is 31.2. The van der Waals surface area contributed by atoms with Crippen molar-refractivity contribution in [1.82, 2.24) is 0 Å². The second-order valence-electron chi connectivity index (χ2n) is 18.4. The Morgan fingerprint density at radius 2 is 0.821 bits per heavy atom. The number of ether oxygens (including phenoxy) is 2. The van der Waals surface area contributed by atoms with Crippen LogP contribution < -0.4 is 5.73 Å². The van der Waals surface area contributed by atoms with Crippen molar-refractivity contribution in [3.63, 3.8) is 0 Å². The summed E-state index contributed by atoms with van der Waals surface area (Å²) in [5, 5.41) is 8.94. The maximum absolute atomic E-state index is 12.7. The molecule has 0 aromatic rings. The number of phosphoric acid groups is 1. The lowest BCUT2D eigenvalue weighted by molar-refractivity contribution is -0.154. The van der Waals surface area contributed by atoms with Crippen molar-refractivity contribution in [2.45, 2.75) is 257 Å². The van der Waals surface area contributed by atoms with Crippen molar-refractivity contribution in [3.8, 4) is 0 Å². The molecule has 0 saturated heterocycles. The Hall–Kier alpha value is -2.33. The van der Waals surface area contributed by atoms with E-state index in [0.29, 0.717) is 13.0 Å². The minimum absolute atomic E-state index is 0.0104. The maximum atomic E-state index is 12.7. The number of allylic oxidation sites excluding steroid dienone is 10. The molecular formula is C56H102NO9P. The van der Waals surface area contributed by atoms with E-state index in [9.17, 15) is 19.0 Å². The van der Waals surface area contributed by atoms with E-state index < -0.39 is 45.1 Å². The first-order valence-electron chi connectivity index (χ1n) is 27.3. The van der Waals surface area contributed by atoms with Gasteiger partial charge < -0.3 is 25.2 Å². The minimum atomic E-state index is -4.63. The van der Waals surface area contributed by atoms with Gasteiger partial charge in [-0.15, -0.1) is 0 Å². The summed E-state index contributed by atoms with van der Waals surface area (Å²) in [6.07, 6.45) is 64.2. The molecule has 0 aromatic heterocycles. The van der Waals surface area contributed by atoms with E-state index in [0.717, 1.165) is 64.2 Å². The van der Waals surface area contributed by atoms with E-state index >= 15 is 0 Å². The molecule has 0 rings (SSSR count). The van der Waals surface area contributed by atoms with Crippen LogP contribution in [0.5, 0.6) is 0 Å². The van der Waals surface area contributed by atoms with Crippen molar-refractivity contribution >= 4 is 19.8 Å². The third-order valence-electron chi connectivity index (χ3n) is 11.8. The molecule has 4 N–H and O–H groups in total. The van der Waals surface area contributed by atoms with Gasteiger partial charge in [0.15, 0.2) is 0 Å². The Balaban J connectivity index is 4.14. The molecule has 0 saturated carbocycles. The monoisotopic (exact) mass is 964 g/mol. The number of nitrogens with two attached hydrogens (primary N) is 1. The lowest BCUT2D eigenvalue weighted by Gasteiger charge is -2.20.